The van der Waals surface area contributed by atoms with E-state index in [2.05, 4.69) is 30.9 Å². The zero-order valence-corrected chi connectivity index (χ0v) is 13.6. The van der Waals surface area contributed by atoms with Crippen LogP contribution in [-0.4, -0.2) is 67.6 Å². The lowest BCUT2D eigenvalue weighted by atomic mass is 9.85. The molecule has 0 saturated carbocycles. The fraction of sp³-hybridized carbons (Fsp3) is 0.933. The summed E-state index contributed by atoms with van der Waals surface area (Å²) in [5, 5.41) is 0. The van der Waals surface area contributed by atoms with Crippen LogP contribution in [0.5, 0.6) is 0 Å². The minimum absolute atomic E-state index is 0.0353. The van der Waals surface area contributed by atoms with E-state index in [0.717, 1.165) is 26.1 Å². The second-order valence-corrected chi connectivity index (χ2v) is 7.05. The molecule has 1 rings (SSSR count). The Morgan fingerprint density at radius 3 is 2.11 bits per heavy atom. The first-order chi connectivity index (χ1) is 8.56. The number of rotatable bonds is 6. The van der Waals surface area contributed by atoms with Crippen molar-refractivity contribution in [2.75, 3.05) is 40.8 Å². The van der Waals surface area contributed by atoms with Crippen molar-refractivity contribution < 1.29 is 9.53 Å². The minimum Gasteiger partial charge on any atom is -0.361 e. The predicted molar refractivity (Wildman–Crippen MR) is 78.4 cm³/mol. The number of carbonyl (C=O) groups is 1. The van der Waals surface area contributed by atoms with Crippen molar-refractivity contribution in [1.29, 1.82) is 0 Å². The third kappa shape index (κ3) is 4.26. The highest BCUT2D eigenvalue weighted by molar-refractivity contribution is 5.91. The summed E-state index contributed by atoms with van der Waals surface area (Å²) in [6, 6.07) is 0. The minimum atomic E-state index is -0.640. The zero-order valence-electron chi connectivity index (χ0n) is 13.6. The zero-order chi connectivity index (χ0) is 14.8. The van der Waals surface area contributed by atoms with E-state index in [1.165, 1.54) is 0 Å². The molecule has 0 N–H and O–H groups in total. The smallest absolute Gasteiger partial charge is 0.171 e. The Labute approximate surface area is 118 Å². The molecule has 0 spiro atoms. The normalized spacial score (nSPS) is 25.5. The Kier molecular flexibility index (Phi) is 5.15. The number of hydrogen-bond donors (Lipinski definition) is 0. The molecule has 4 nitrogen and oxygen atoms in total. The fourth-order valence-corrected chi connectivity index (χ4v) is 2.88. The van der Waals surface area contributed by atoms with Crippen LogP contribution in [0.15, 0.2) is 0 Å². The van der Waals surface area contributed by atoms with Crippen molar-refractivity contribution in [2.45, 2.75) is 45.3 Å². The van der Waals surface area contributed by atoms with Crippen molar-refractivity contribution in [2.24, 2.45) is 5.92 Å². The molecule has 112 valence electrons. The first-order valence-corrected chi connectivity index (χ1v) is 7.14. The van der Waals surface area contributed by atoms with Gasteiger partial charge < -0.3 is 14.5 Å². The Balaban J connectivity index is 2.53. The maximum atomic E-state index is 12.4. The van der Waals surface area contributed by atoms with Gasteiger partial charge in [0.15, 0.2) is 5.78 Å². The highest BCUT2D eigenvalue weighted by Gasteiger charge is 2.53. The lowest BCUT2D eigenvalue weighted by molar-refractivity contribution is -0.132. The fourth-order valence-electron chi connectivity index (χ4n) is 2.88. The van der Waals surface area contributed by atoms with Crippen LogP contribution < -0.4 is 0 Å². The average Bonchev–Trinajstić information content (AvgIpc) is 2.36. The number of ether oxygens (including phenoxy) is 1. The molecular weight excluding hydrogens is 240 g/mol. The van der Waals surface area contributed by atoms with Gasteiger partial charge in [-0.1, -0.05) is 0 Å². The maximum absolute atomic E-state index is 12.4. The molecule has 0 aromatic heterocycles. The molecule has 0 aromatic carbocycles. The largest absolute Gasteiger partial charge is 0.361 e. The van der Waals surface area contributed by atoms with Gasteiger partial charge in [-0.3, -0.25) is 4.79 Å². The highest BCUT2D eigenvalue weighted by atomic mass is 16.5. The highest BCUT2D eigenvalue weighted by Crippen LogP contribution is 2.39. The molecule has 0 radical (unpaired) electrons. The molecule has 1 heterocycles. The van der Waals surface area contributed by atoms with Gasteiger partial charge >= 0.3 is 0 Å². The molecule has 0 aliphatic carbocycles. The molecule has 0 aromatic rings. The third-order valence-corrected chi connectivity index (χ3v) is 3.91. The molecule has 1 unspecified atom stereocenters. The standard InChI is InChI=1S/C15H30N2O2/c1-14(2)12(13(18)15(3,4)19-14)11-17(7)10-8-9-16(5)6/h12H,8-11H2,1-7H3. The van der Waals surface area contributed by atoms with E-state index in [-0.39, 0.29) is 17.3 Å². The van der Waals surface area contributed by atoms with Crippen LogP contribution in [0.1, 0.15) is 34.1 Å². The second kappa shape index (κ2) is 5.90. The summed E-state index contributed by atoms with van der Waals surface area (Å²) >= 11 is 0. The summed E-state index contributed by atoms with van der Waals surface area (Å²) in [5.74, 6) is 0.198. The number of ketones is 1. The second-order valence-electron chi connectivity index (χ2n) is 7.05. The van der Waals surface area contributed by atoms with E-state index in [4.69, 9.17) is 4.74 Å². The van der Waals surface area contributed by atoms with E-state index in [1.807, 2.05) is 27.7 Å². The van der Waals surface area contributed by atoms with Gasteiger partial charge in [-0.05, 0) is 68.3 Å². The van der Waals surface area contributed by atoms with Crippen LogP contribution in [0, 0.1) is 5.92 Å². The van der Waals surface area contributed by atoms with Crippen LogP contribution >= 0.6 is 0 Å². The van der Waals surface area contributed by atoms with Gasteiger partial charge in [-0.15, -0.1) is 0 Å². The van der Waals surface area contributed by atoms with E-state index in [0.29, 0.717) is 0 Å². The third-order valence-electron chi connectivity index (χ3n) is 3.91. The summed E-state index contributed by atoms with van der Waals surface area (Å²) in [6.07, 6.45) is 1.12. The van der Waals surface area contributed by atoms with Crippen molar-refractivity contribution in [1.82, 2.24) is 9.80 Å². The molecule has 0 amide bonds. The van der Waals surface area contributed by atoms with E-state index in [1.54, 1.807) is 0 Å². The maximum Gasteiger partial charge on any atom is 0.171 e. The number of Topliss-reactive ketones (excluding diaryl/α,β-unsaturated/α-hetero) is 1. The van der Waals surface area contributed by atoms with Gasteiger partial charge in [0.2, 0.25) is 0 Å². The predicted octanol–water partition coefficient (Wildman–Crippen LogP) is 1.64. The summed E-state index contributed by atoms with van der Waals surface area (Å²) in [6.45, 7) is 10.7. The first-order valence-electron chi connectivity index (χ1n) is 7.14. The summed E-state index contributed by atoms with van der Waals surface area (Å²) in [4.78, 5) is 16.8. The number of nitrogens with zero attached hydrogens (tertiary/aromatic N) is 2. The molecular formula is C15H30N2O2. The van der Waals surface area contributed by atoms with Gasteiger partial charge in [-0.25, -0.2) is 0 Å². The lowest BCUT2D eigenvalue weighted by Crippen LogP contribution is -2.40. The number of hydrogen-bond acceptors (Lipinski definition) is 4. The molecule has 1 fully saturated rings. The van der Waals surface area contributed by atoms with Gasteiger partial charge in [0.05, 0.1) is 11.5 Å². The SMILES string of the molecule is CN(C)CCCN(C)CC1C(=O)C(C)(C)OC1(C)C. The molecule has 1 aliphatic rings. The molecule has 1 atom stereocenters. The van der Waals surface area contributed by atoms with Crippen LogP contribution in [0.25, 0.3) is 0 Å². The van der Waals surface area contributed by atoms with Gasteiger partial charge in [0.25, 0.3) is 0 Å². The first kappa shape index (κ1) is 16.6. The summed E-state index contributed by atoms with van der Waals surface area (Å²) in [7, 11) is 6.25. The quantitative estimate of drug-likeness (QED) is 0.734. The Morgan fingerprint density at radius 2 is 1.68 bits per heavy atom. The van der Waals surface area contributed by atoms with E-state index in [9.17, 15) is 4.79 Å². The Hall–Kier alpha value is -0.450. The van der Waals surface area contributed by atoms with Crippen LogP contribution in [0.4, 0.5) is 0 Å². The molecule has 4 heteroatoms. The lowest BCUT2D eigenvalue weighted by Gasteiger charge is -2.29. The van der Waals surface area contributed by atoms with Crippen LogP contribution in [0.2, 0.25) is 0 Å². The van der Waals surface area contributed by atoms with Crippen molar-refractivity contribution in [3.63, 3.8) is 0 Å². The van der Waals surface area contributed by atoms with E-state index >= 15 is 0 Å². The van der Waals surface area contributed by atoms with Crippen molar-refractivity contribution in [3.8, 4) is 0 Å². The molecule has 19 heavy (non-hydrogen) atoms. The molecule has 0 bridgehead atoms. The number of carbonyl (C=O) groups excluding carboxylic acids is 1. The average molecular weight is 270 g/mol. The summed E-state index contributed by atoms with van der Waals surface area (Å²) in [5.41, 5.74) is -1.00. The van der Waals surface area contributed by atoms with Gasteiger partial charge in [0, 0.05) is 6.54 Å². The van der Waals surface area contributed by atoms with E-state index < -0.39 is 5.60 Å². The van der Waals surface area contributed by atoms with Crippen molar-refractivity contribution in [3.05, 3.63) is 0 Å². The van der Waals surface area contributed by atoms with Gasteiger partial charge in [-0.2, -0.15) is 0 Å². The van der Waals surface area contributed by atoms with Crippen LogP contribution in [-0.2, 0) is 9.53 Å². The Morgan fingerprint density at radius 1 is 1.11 bits per heavy atom. The summed E-state index contributed by atoms with van der Waals surface area (Å²) < 4.78 is 5.92. The molecule has 1 saturated heterocycles. The topological polar surface area (TPSA) is 32.8 Å². The van der Waals surface area contributed by atoms with Crippen molar-refractivity contribution >= 4 is 5.78 Å². The van der Waals surface area contributed by atoms with Gasteiger partial charge in [0.1, 0.15) is 5.60 Å². The Bertz CT molecular complexity index is 324. The monoisotopic (exact) mass is 270 g/mol. The van der Waals surface area contributed by atoms with Crippen LogP contribution in [0.3, 0.4) is 0 Å². The molecule has 1 aliphatic heterocycles.